The molecule has 2 unspecified atom stereocenters. The Morgan fingerprint density at radius 3 is 2.36 bits per heavy atom. The van der Waals surface area contributed by atoms with E-state index in [1.54, 1.807) is 0 Å². The van der Waals surface area contributed by atoms with Crippen molar-refractivity contribution in [3.63, 3.8) is 0 Å². The molecule has 0 aromatic rings. The minimum atomic E-state index is -0.931. The fourth-order valence-corrected chi connectivity index (χ4v) is 0.933. The van der Waals surface area contributed by atoms with Crippen LogP contribution in [0.3, 0.4) is 0 Å². The molecule has 0 fully saturated rings. The molecule has 0 aromatic carbocycles. The van der Waals surface area contributed by atoms with E-state index in [-0.39, 0.29) is 5.92 Å². The Labute approximate surface area is 67.0 Å². The molecule has 0 heterocycles. The molecule has 66 valence electrons. The molecule has 0 aliphatic heterocycles. The number of carboxylic acid groups (broad SMARTS) is 1. The molecule has 0 spiro atoms. The molecule has 4 heteroatoms. The number of nitrogens with two attached hydrogens (primary N) is 1. The third kappa shape index (κ3) is 3.95. The lowest BCUT2D eigenvalue weighted by Crippen LogP contribution is -2.41. The van der Waals surface area contributed by atoms with Crippen LogP contribution >= 0.6 is 0 Å². The van der Waals surface area contributed by atoms with Crippen LogP contribution in [-0.2, 0) is 4.79 Å². The molecule has 0 radical (unpaired) electrons. The maximum Gasteiger partial charge on any atom is 0.320 e. The lowest BCUT2D eigenvalue weighted by atomic mass is 10.0. The van der Waals surface area contributed by atoms with Gasteiger partial charge in [0.05, 0.1) is 0 Å². The highest BCUT2D eigenvalue weighted by Gasteiger charge is 2.19. The Kier molecular flexibility index (Phi) is 4.07. The Hall–Kier alpha value is -0.610. The normalized spacial score (nSPS) is 16.5. The summed E-state index contributed by atoms with van der Waals surface area (Å²) in [5, 5.41) is 8.52. The van der Waals surface area contributed by atoms with Crippen molar-refractivity contribution in [1.82, 2.24) is 4.90 Å². The third-order valence-electron chi connectivity index (χ3n) is 1.55. The second-order valence-electron chi connectivity index (χ2n) is 3.10. The Morgan fingerprint density at radius 2 is 2.09 bits per heavy atom. The van der Waals surface area contributed by atoms with E-state index in [1.807, 2.05) is 25.9 Å². The third-order valence-corrected chi connectivity index (χ3v) is 1.55. The predicted molar refractivity (Wildman–Crippen MR) is 43.3 cm³/mol. The van der Waals surface area contributed by atoms with Crippen molar-refractivity contribution in [2.45, 2.75) is 13.0 Å². The molecular weight excluding hydrogens is 144 g/mol. The molecule has 0 rings (SSSR count). The van der Waals surface area contributed by atoms with Crippen LogP contribution in [0.15, 0.2) is 0 Å². The maximum absolute atomic E-state index is 10.4. The van der Waals surface area contributed by atoms with E-state index < -0.39 is 12.0 Å². The number of rotatable bonds is 4. The average molecular weight is 160 g/mol. The maximum atomic E-state index is 10.4. The van der Waals surface area contributed by atoms with Gasteiger partial charge in [0.2, 0.25) is 0 Å². The largest absolute Gasteiger partial charge is 0.480 e. The molecule has 0 aromatic heterocycles. The fraction of sp³-hybridized carbons (Fsp3) is 0.857. The van der Waals surface area contributed by atoms with Gasteiger partial charge in [-0.1, -0.05) is 6.92 Å². The molecule has 4 nitrogen and oxygen atoms in total. The summed E-state index contributed by atoms with van der Waals surface area (Å²) in [6, 6.07) is -0.752. The molecule has 11 heavy (non-hydrogen) atoms. The molecule has 0 bridgehead atoms. The van der Waals surface area contributed by atoms with Crippen LogP contribution < -0.4 is 5.73 Å². The number of nitrogens with zero attached hydrogens (tertiary/aromatic N) is 1. The zero-order valence-corrected chi connectivity index (χ0v) is 7.24. The van der Waals surface area contributed by atoms with Gasteiger partial charge in [-0.3, -0.25) is 4.79 Å². The zero-order chi connectivity index (χ0) is 9.02. The van der Waals surface area contributed by atoms with Crippen molar-refractivity contribution in [3.8, 4) is 0 Å². The molecule has 3 N–H and O–H groups in total. The van der Waals surface area contributed by atoms with Crippen LogP contribution in [0, 0.1) is 5.92 Å². The minimum absolute atomic E-state index is 0.0116. The number of carbonyl (C=O) groups is 1. The highest BCUT2D eigenvalue weighted by molar-refractivity contribution is 5.73. The number of aliphatic carboxylic acids is 1. The van der Waals surface area contributed by atoms with Gasteiger partial charge in [0.25, 0.3) is 0 Å². The summed E-state index contributed by atoms with van der Waals surface area (Å²) < 4.78 is 0. The summed E-state index contributed by atoms with van der Waals surface area (Å²) in [6.45, 7) is 2.53. The number of hydrogen-bond acceptors (Lipinski definition) is 3. The average Bonchev–Trinajstić information content (AvgIpc) is 1.84. The highest BCUT2D eigenvalue weighted by atomic mass is 16.4. The summed E-state index contributed by atoms with van der Waals surface area (Å²) in [5.74, 6) is -0.943. The SMILES string of the molecule is CC(CN(C)C)C(N)C(=O)O. The summed E-state index contributed by atoms with van der Waals surface area (Å²) in [5.41, 5.74) is 5.38. The van der Waals surface area contributed by atoms with Crippen molar-refractivity contribution in [1.29, 1.82) is 0 Å². The predicted octanol–water partition coefficient (Wildman–Crippen LogP) is -0.404. The summed E-state index contributed by atoms with van der Waals surface area (Å²) >= 11 is 0. The van der Waals surface area contributed by atoms with Gasteiger partial charge in [-0.05, 0) is 20.0 Å². The summed E-state index contributed by atoms with van der Waals surface area (Å²) in [7, 11) is 3.79. The summed E-state index contributed by atoms with van der Waals surface area (Å²) in [6.07, 6.45) is 0. The standard InChI is InChI=1S/C7H16N2O2/c1-5(4-9(2)3)6(8)7(10)11/h5-6H,4,8H2,1-3H3,(H,10,11). The van der Waals surface area contributed by atoms with Crippen molar-refractivity contribution >= 4 is 5.97 Å². The topological polar surface area (TPSA) is 66.6 Å². The van der Waals surface area contributed by atoms with Gasteiger partial charge in [0, 0.05) is 6.54 Å². The zero-order valence-electron chi connectivity index (χ0n) is 7.24. The highest BCUT2D eigenvalue weighted by Crippen LogP contribution is 2.01. The number of carboxylic acids is 1. The van der Waals surface area contributed by atoms with Gasteiger partial charge >= 0.3 is 5.97 Å². The van der Waals surface area contributed by atoms with Crippen molar-refractivity contribution in [3.05, 3.63) is 0 Å². The van der Waals surface area contributed by atoms with Gasteiger partial charge in [0.1, 0.15) is 6.04 Å². The molecule has 2 atom stereocenters. The monoisotopic (exact) mass is 160 g/mol. The van der Waals surface area contributed by atoms with Crippen LogP contribution in [0.5, 0.6) is 0 Å². The van der Waals surface area contributed by atoms with Crippen LogP contribution in [0.1, 0.15) is 6.92 Å². The first kappa shape index (κ1) is 10.4. The van der Waals surface area contributed by atoms with E-state index in [4.69, 9.17) is 10.8 Å². The lowest BCUT2D eigenvalue weighted by molar-refractivity contribution is -0.139. The molecule has 0 amide bonds. The van der Waals surface area contributed by atoms with Crippen LogP contribution in [0.2, 0.25) is 0 Å². The smallest absolute Gasteiger partial charge is 0.320 e. The first-order valence-electron chi connectivity index (χ1n) is 3.58. The quantitative estimate of drug-likeness (QED) is 0.587. The molecule has 0 saturated heterocycles. The van der Waals surface area contributed by atoms with Crippen LogP contribution in [-0.4, -0.2) is 42.7 Å². The van der Waals surface area contributed by atoms with Gasteiger partial charge < -0.3 is 15.7 Å². The Morgan fingerprint density at radius 1 is 1.64 bits per heavy atom. The van der Waals surface area contributed by atoms with E-state index in [2.05, 4.69) is 0 Å². The van der Waals surface area contributed by atoms with Crippen LogP contribution in [0.4, 0.5) is 0 Å². The minimum Gasteiger partial charge on any atom is -0.480 e. The second kappa shape index (κ2) is 4.31. The van der Waals surface area contributed by atoms with Gasteiger partial charge in [-0.25, -0.2) is 0 Å². The van der Waals surface area contributed by atoms with E-state index in [0.717, 1.165) is 0 Å². The Bertz CT molecular complexity index is 136. The number of hydrogen-bond donors (Lipinski definition) is 2. The Balaban J connectivity index is 3.82. The van der Waals surface area contributed by atoms with E-state index in [9.17, 15) is 4.79 Å². The molecule has 0 saturated carbocycles. The van der Waals surface area contributed by atoms with Gasteiger partial charge in [0.15, 0.2) is 0 Å². The first-order valence-corrected chi connectivity index (χ1v) is 3.58. The van der Waals surface area contributed by atoms with Crippen molar-refractivity contribution in [2.75, 3.05) is 20.6 Å². The van der Waals surface area contributed by atoms with Gasteiger partial charge in [-0.15, -0.1) is 0 Å². The van der Waals surface area contributed by atoms with Crippen LogP contribution in [0.25, 0.3) is 0 Å². The first-order chi connectivity index (χ1) is 4.95. The van der Waals surface area contributed by atoms with E-state index >= 15 is 0 Å². The van der Waals surface area contributed by atoms with Crippen molar-refractivity contribution in [2.24, 2.45) is 11.7 Å². The fourth-order valence-electron chi connectivity index (χ4n) is 0.933. The van der Waals surface area contributed by atoms with Gasteiger partial charge in [-0.2, -0.15) is 0 Å². The van der Waals surface area contributed by atoms with Crippen molar-refractivity contribution < 1.29 is 9.90 Å². The van der Waals surface area contributed by atoms with E-state index in [1.165, 1.54) is 0 Å². The molecular formula is C7H16N2O2. The molecule has 0 aliphatic carbocycles. The molecule has 0 aliphatic rings. The second-order valence-corrected chi connectivity index (χ2v) is 3.10. The summed E-state index contributed by atoms with van der Waals surface area (Å²) in [4.78, 5) is 12.3. The lowest BCUT2D eigenvalue weighted by Gasteiger charge is -2.19. The van der Waals surface area contributed by atoms with E-state index in [0.29, 0.717) is 6.54 Å².